The van der Waals surface area contributed by atoms with Crippen molar-refractivity contribution in [3.8, 4) is 0 Å². The predicted octanol–water partition coefficient (Wildman–Crippen LogP) is 0.525. The van der Waals surface area contributed by atoms with E-state index in [9.17, 15) is 9.59 Å². The molecule has 0 saturated carbocycles. The molecule has 0 saturated heterocycles. The minimum absolute atomic E-state index is 0.235. The van der Waals surface area contributed by atoms with E-state index in [-0.39, 0.29) is 6.42 Å². The molecule has 0 atom stereocenters. The van der Waals surface area contributed by atoms with Gasteiger partial charge in [-0.05, 0) is 6.42 Å². The molecule has 0 heterocycles. The highest BCUT2D eigenvalue weighted by molar-refractivity contribution is 5.94. The van der Waals surface area contributed by atoms with E-state index < -0.39 is 17.9 Å². The van der Waals surface area contributed by atoms with E-state index in [0.29, 0.717) is 0 Å². The summed E-state index contributed by atoms with van der Waals surface area (Å²) in [4.78, 5) is 21.9. The number of ether oxygens (including phenoxy) is 2. The number of allylic oxidation sites excluding steroid dienone is 1. The molecule has 0 bridgehead atoms. The van der Waals surface area contributed by atoms with Gasteiger partial charge >= 0.3 is 11.9 Å². The van der Waals surface area contributed by atoms with Crippen LogP contribution in [0.3, 0.4) is 0 Å². The van der Waals surface area contributed by atoms with Crippen LogP contribution in [0.2, 0.25) is 0 Å². The molecule has 0 aromatic carbocycles. The lowest BCUT2D eigenvalue weighted by Gasteiger charge is -2.08. The molecule has 0 aliphatic rings. The normalized spacial score (nSPS) is 9.25. The third kappa shape index (κ3) is 2.74. The third-order valence-corrected chi connectivity index (χ3v) is 1.37. The van der Waals surface area contributed by atoms with E-state index in [1.54, 1.807) is 0 Å². The summed E-state index contributed by atoms with van der Waals surface area (Å²) in [6, 6.07) is 0. The molecule has 4 heteroatoms. The first-order chi connectivity index (χ1) is 5.67. The first-order valence-corrected chi connectivity index (χ1v) is 3.44. The average molecular weight is 172 g/mol. The summed E-state index contributed by atoms with van der Waals surface area (Å²) in [5.41, 5.74) is 0. The van der Waals surface area contributed by atoms with E-state index in [2.05, 4.69) is 16.1 Å². The van der Waals surface area contributed by atoms with Crippen LogP contribution in [0.4, 0.5) is 0 Å². The second-order valence-electron chi connectivity index (χ2n) is 2.12. The first-order valence-electron chi connectivity index (χ1n) is 3.44. The van der Waals surface area contributed by atoms with Crippen LogP contribution in [-0.4, -0.2) is 26.2 Å². The van der Waals surface area contributed by atoms with Crippen molar-refractivity contribution >= 4 is 11.9 Å². The molecule has 0 N–H and O–H groups in total. The Balaban J connectivity index is 4.31. The molecule has 0 rings (SSSR count). The van der Waals surface area contributed by atoms with Crippen LogP contribution >= 0.6 is 0 Å². The van der Waals surface area contributed by atoms with Crippen molar-refractivity contribution in [1.82, 2.24) is 0 Å². The molecule has 0 aromatic heterocycles. The van der Waals surface area contributed by atoms with Crippen molar-refractivity contribution in [2.45, 2.75) is 6.42 Å². The van der Waals surface area contributed by atoms with Gasteiger partial charge in [-0.25, -0.2) is 0 Å². The molecule has 0 aliphatic heterocycles. The summed E-state index contributed by atoms with van der Waals surface area (Å²) in [7, 11) is 2.45. The van der Waals surface area contributed by atoms with Crippen molar-refractivity contribution in [3.63, 3.8) is 0 Å². The first kappa shape index (κ1) is 10.7. The molecule has 0 unspecified atom stereocenters. The number of carbonyl (C=O) groups is 2. The van der Waals surface area contributed by atoms with Crippen molar-refractivity contribution in [2.24, 2.45) is 5.92 Å². The molecule has 0 fully saturated rings. The monoisotopic (exact) mass is 172 g/mol. The number of hydrogen-bond donors (Lipinski definition) is 0. The van der Waals surface area contributed by atoms with Gasteiger partial charge in [0.1, 0.15) is 0 Å². The number of hydrogen-bond acceptors (Lipinski definition) is 4. The standard InChI is InChI=1S/C8H12O4/c1-4-5-6(7(9)11-2)8(10)12-3/h4,6H,1,5H2,2-3H3. The molecule has 4 nitrogen and oxygen atoms in total. The van der Waals surface area contributed by atoms with Gasteiger partial charge in [-0.15, -0.1) is 6.58 Å². The molecule has 0 spiro atoms. The Bertz CT molecular complexity index is 169. The average Bonchev–Trinajstić information content (AvgIpc) is 2.11. The molecular weight excluding hydrogens is 160 g/mol. The lowest BCUT2D eigenvalue weighted by Crippen LogP contribution is -2.25. The van der Waals surface area contributed by atoms with Crippen molar-refractivity contribution in [3.05, 3.63) is 12.7 Å². The van der Waals surface area contributed by atoms with Crippen LogP contribution < -0.4 is 0 Å². The van der Waals surface area contributed by atoms with Crippen LogP contribution in [0.15, 0.2) is 12.7 Å². The smallest absolute Gasteiger partial charge is 0.320 e. The van der Waals surface area contributed by atoms with Gasteiger partial charge in [-0.1, -0.05) is 6.08 Å². The van der Waals surface area contributed by atoms with Gasteiger partial charge < -0.3 is 9.47 Å². The predicted molar refractivity (Wildman–Crippen MR) is 42.3 cm³/mol. The summed E-state index contributed by atoms with van der Waals surface area (Å²) in [6.07, 6.45) is 1.71. The summed E-state index contributed by atoms with van der Waals surface area (Å²) < 4.78 is 8.80. The molecule has 0 aromatic rings. The Kier molecular flexibility index (Phi) is 4.76. The van der Waals surface area contributed by atoms with Crippen LogP contribution in [-0.2, 0) is 19.1 Å². The highest BCUT2D eigenvalue weighted by atomic mass is 16.5. The van der Waals surface area contributed by atoms with Crippen molar-refractivity contribution < 1.29 is 19.1 Å². The van der Waals surface area contributed by atoms with Gasteiger partial charge in [-0.2, -0.15) is 0 Å². The summed E-state index contributed by atoms with van der Waals surface area (Å²) in [5, 5.41) is 0. The molecular formula is C8H12O4. The van der Waals surface area contributed by atoms with Gasteiger partial charge in [0.15, 0.2) is 5.92 Å². The van der Waals surface area contributed by atoms with Gasteiger partial charge in [0.2, 0.25) is 0 Å². The lowest BCUT2D eigenvalue weighted by atomic mass is 10.1. The molecule has 0 amide bonds. The van der Waals surface area contributed by atoms with Crippen molar-refractivity contribution in [2.75, 3.05) is 14.2 Å². The quantitative estimate of drug-likeness (QED) is 0.352. The minimum Gasteiger partial charge on any atom is -0.468 e. The molecule has 68 valence electrons. The van der Waals surface area contributed by atoms with Gasteiger partial charge in [0.25, 0.3) is 0 Å². The molecule has 0 radical (unpaired) electrons. The number of esters is 2. The maximum Gasteiger partial charge on any atom is 0.320 e. The fraction of sp³-hybridized carbons (Fsp3) is 0.500. The van der Waals surface area contributed by atoms with E-state index in [4.69, 9.17) is 0 Å². The van der Waals surface area contributed by atoms with E-state index in [0.717, 1.165) is 0 Å². The maximum atomic E-state index is 10.9. The Morgan fingerprint density at radius 1 is 1.33 bits per heavy atom. The fourth-order valence-corrected chi connectivity index (χ4v) is 0.740. The summed E-state index contributed by atoms with van der Waals surface area (Å²) in [5.74, 6) is -2.07. The molecule has 12 heavy (non-hydrogen) atoms. The lowest BCUT2D eigenvalue weighted by molar-refractivity contribution is -0.158. The van der Waals surface area contributed by atoms with E-state index in [1.807, 2.05) is 0 Å². The number of rotatable bonds is 4. The summed E-state index contributed by atoms with van der Waals surface area (Å²) >= 11 is 0. The second kappa shape index (κ2) is 5.35. The number of carbonyl (C=O) groups excluding carboxylic acids is 2. The highest BCUT2D eigenvalue weighted by Crippen LogP contribution is 2.07. The Labute approximate surface area is 71.2 Å². The largest absolute Gasteiger partial charge is 0.468 e. The van der Waals surface area contributed by atoms with Crippen LogP contribution in [0, 0.1) is 5.92 Å². The van der Waals surface area contributed by atoms with Crippen molar-refractivity contribution in [1.29, 1.82) is 0 Å². The second-order valence-corrected chi connectivity index (χ2v) is 2.12. The maximum absolute atomic E-state index is 10.9. The van der Waals surface area contributed by atoms with Crippen LogP contribution in [0.1, 0.15) is 6.42 Å². The number of methoxy groups -OCH3 is 2. The Morgan fingerprint density at radius 2 is 1.75 bits per heavy atom. The SMILES string of the molecule is C=CCC(C(=O)OC)C(=O)OC. The van der Waals surface area contributed by atoms with E-state index >= 15 is 0 Å². The topological polar surface area (TPSA) is 52.6 Å². The van der Waals surface area contributed by atoms with Gasteiger partial charge in [0.05, 0.1) is 14.2 Å². The van der Waals surface area contributed by atoms with Crippen LogP contribution in [0.5, 0.6) is 0 Å². The minimum atomic E-state index is -0.877. The van der Waals surface area contributed by atoms with Crippen LogP contribution in [0.25, 0.3) is 0 Å². The zero-order valence-corrected chi connectivity index (χ0v) is 7.20. The highest BCUT2D eigenvalue weighted by Gasteiger charge is 2.26. The fourth-order valence-electron chi connectivity index (χ4n) is 0.740. The summed E-state index contributed by atoms with van der Waals surface area (Å²) in [6.45, 7) is 3.42. The van der Waals surface area contributed by atoms with Gasteiger partial charge in [0, 0.05) is 0 Å². The Morgan fingerprint density at radius 3 is 2.00 bits per heavy atom. The molecule has 0 aliphatic carbocycles. The third-order valence-electron chi connectivity index (χ3n) is 1.37. The van der Waals surface area contributed by atoms with Gasteiger partial charge in [-0.3, -0.25) is 9.59 Å². The zero-order chi connectivity index (χ0) is 9.56. The van der Waals surface area contributed by atoms with E-state index in [1.165, 1.54) is 20.3 Å². The zero-order valence-electron chi connectivity index (χ0n) is 7.20. The Hall–Kier alpha value is -1.32.